The Morgan fingerprint density at radius 3 is 2.60 bits per heavy atom. The highest BCUT2D eigenvalue weighted by Gasteiger charge is 2.77. The highest BCUT2D eigenvalue weighted by Crippen LogP contribution is 2.54. The van der Waals surface area contributed by atoms with Crippen LogP contribution in [0.2, 0.25) is 0 Å². The lowest BCUT2D eigenvalue weighted by molar-refractivity contribution is -0.336. The molecule has 5 heteroatoms. The molecule has 2 heterocycles. The number of ketones is 1. The van der Waals surface area contributed by atoms with Gasteiger partial charge in [0, 0.05) is 5.92 Å². The maximum Gasteiger partial charge on any atom is 0.227 e. The highest BCUT2D eigenvalue weighted by atomic mass is 16.7. The first-order valence-corrected chi connectivity index (χ1v) is 7.69. The molecule has 2 N–H and O–H groups in total. The van der Waals surface area contributed by atoms with Crippen molar-refractivity contribution >= 4 is 11.7 Å². The molecule has 0 aromatic carbocycles. The van der Waals surface area contributed by atoms with Crippen LogP contribution >= 0.6 is 0 Å². The summed E-state index contributed by atoms with van der Waals surface area (Å²) in [6.45, 7) is 3.69. The SMILES string of the molecule is CCC1C(=O)NC2(C(=O)C3CCCCC3)C(O)OC12C. The van der Waals surface area contributed by atoms with Crippen LogP contribution in [0.15, 0.2) is 0 Å². The van der Waals surface area contributed by atoms with Gasteiger partial charge in [0.15, 0.2) is 17.6 Å². The zero-order chi connectivity index (χ0) is 14.5. The minimum absolute atomic E-state index is 0.0252. The molecule has 3 rings (SSSR count). The number of carbonyl (C=O) groups excluding carboxylic acids is 2. The number of aliphatic hydroxyl groups excluding tert-OH is 1. The van der Waals surface area contributed by atoms with Gasteiger partial charge in [-0.1, -0.05) is 26.2 Å². The summed E-state index contributed by atoms with van der Waals surface area (Å²) in [5.74, 6) is -0.616. The van der Waals surface area contributed by atoms with Crippen molar-refractivity contribution in [1.82, 2.24) is 5.32 Å². The Kier molecular flexibility index (Phi) is 3.18. The Bertz CT molecular complexity index is 445. The van der Waals surface area contributed by atoms with E-state index in [0.29, 0.717) is 6.42 Å². The van der Waals surface area contributed by atoms with Crippen LogP contribution in [-0.4, -0.2) is 34.2 Å². The molecule has 0 aromatic heterocycles. The van der Waals surface area contributed by atoms with Crippen LogP contribution in [0.3, 0.4) is 0 Å². The quantitative estimate of drug-likeness (QED) is 0.813. The van der Waals surface area contributed by atoms with Crippen molar-refractivity contribution in [1.29, 1.82) is 0 Å². The predicted octanol–water partition coefficient (Wildman–Crippen LogP) is 1.14. The molecule has 4 unspecified atom stereocenters. The number of carbonyl (C=O) groups is 2. The van der Waals surface area contributed by atoms with E-state index in [1.54, 1.807) is 6.92 Å². The number of Topliss-reactive ketones (excluding diaryl/α,β-unsaturated/α-hetero) is 1. The molecule has 1 saturated carbocycles. The number of hydrogen-bond donors (Lipinski definition) is 2. The topological polar surface area (TPSA) is 75.6 Å². The first-order chi connectivity index (χ1) is 9.47. The van der Waals surface area contributed by atoms with E-state index in [9.17, 15) is 14.7 Å². The highest BCUT2D eigenvalue weighted by molar-refractivity contribution is 6.02. The molecule has 1 amide bonds. The van der Waals surface area contributed by atoms with Crippen LogP contribution in [0.1, 0.15) is 52.4 Å². The normalized spacial score (nSPS) is 44.6. The van der Waals surface area contributed by atoms with Gasteiger partial charge in [0.1, 0.15) is 5.60 Å². The molecule has 3 fully saturated rings. The van der Waals surface area contributed by atoms with Gasteiger partial charge in [-0.3, -0.25) is 9.59 Å². The van der Waals surface area contributed by atoms with Crippen LogP contribution in [0.4, 0.5) is 0 Å². The van der Waals surface area contributed by atoms with Crippen LogP contribution in [0.25, 0.3) is 0 Å². The predicted molar refractivity (Wildman–Crippen MR) is 71.7 cm³/mol. The third-order valence-corrected chi connectivity index (χ3v) is 5.58. The van der Waals surface area contributed by atoms with Gasteiger partial charge in [0.2, 0.25) is 5.91 Å². The van der Waals surface area contributed by atoms with Crippen LogP contribution < -0.4 is 5.32 Å². The molecule has 2 saturated heterocycles. The van der Waals surface area contributed by atoms with E-state index in [1.165, 1.54) is 0 Å². The van der Waals surface area contributed by atoms with Crippen molar-refractivity contribution in [3.05, 3.63) is 0 Å². The molecule has 3 aliphatic rings. The maximum absolute atomic E-state index is 13.0. The van der Waals surface area contributed by atoms with Gasteiger partial charge in [0.25, 0.3) is 0 Å². The second-order valence-electron chi connectivity index (χ2n) is 6.53. The third kappa shape index (κ3) is 1.51. The van der Waals surface area contributed by atoms with Crippen molar-refractivity contribution in [2.24, 2.45) is 11.8 Å². The fourth-order valence-electron chi connectivity index (χ4n) is 4.36. The third-order valence-electron chi connectivity index (χ3n) is 5.58. The van der Waals surface area contributed by atoms with E-state index < -0.39 is 17.4 Å². The zero-order valence-corrected chi connectivity index (χ0v) is 12.1. The van der Waals surface area contributed by atoms with Crippen LogP contribution in [0, 0.1) is 11.8 Å². The Morgan fingerprint density at radius 2 is 2.05 bits per heavy atom. The summed E-state index contributed by atoms with van der Waals surface area (Å²) >= 11 is 0. The Morgan fingerprint density at radius 1 is 1.40 bits per heavy atom. The molecule has 2 aliphatic heterocycles. The molecule has 0 spiro atoms. The zero-order valence-electron chi connectivity index (χ0n) is 12.1. The van der Waals surface area contributed by atoms with E-state index in [1.807, 2.05) is 6.92 Å². The molecular weight excluding hydrogens is 258 g/mol. The van der Waals surface area contributed by atoms with Gasteiger partial charge in [-0.15, -0.1) is 0 Å². The van der Waals surface area contributed by atoms with Gasteiger partial charge in [0.05, 0.1) is 5.92 Å². The first kappa shape index (κ1) is 14.0. The van der Waals surface area contributed by atoms with Crippen molar-refractivity contribution < 1.29 is 19.4 Å². The molecule has 1 aliphatic carbocycles. The summed E-state index contributed by atoms with van der Waals surface area (Å²) in [5.41, 5.74) is -2.11. The fraction of sp³-hybridized carbons (Fsp3) is 0.867. The standard InChI is InChI=1S/C15H23NO4/c1-3-10-12(18)16-15(13(19)20-14(10,15)2)11(17)9-7-5-4-6-8-9/h9-10,13,19H,3-8H2,1-2H3,(H,16,18). The monoisotopic (exact) mass is 281 g/mol. The van der Waals surface area contributed by atoms with E-state index in [4.69, 9.17) is 4.74 Å². The van der Waals surface area contributed by atoms with Crippen molar-refractivity contribution in [2.45, 2.75) is 69.8 Å². The van der Waals surface area contributed by atoms with E-state index in [2.05, 4.69) is 5.32 Å². The molecule has 112 valence electrons. The van der Waals surface area contributed by atoms with E-state index >= 15 is 0 Å². The lowest BCUT2D eigenvalue weighted by Crippen LogP contribution is -2.80. The molecule has 20 heavy (non-hydrogen) atoms. The molecule has 0 bridgehead atoms. The maximum atomic E-state index is 13.0. The lowest BCUT2D eigenvalue weighted by atomic mass is 9.64. The molecule has 5 nitrogen and oxygen atoms in total. The largest absolute Gasteiger partial charge is 0.366 e. The van der Waals surface area contributed by atoms with Crippen LogP contribution in [-0.2, 0) is 14.3 Å². The summed E-state index contributed by atoms with van der Waals surface area (Å²) in [7, 11) is 0. The van der Waals surface area contributed by atoms with Crippen molar-refractivity contribution in [3.63, 3.8) is 0 Å². The molecule has 0 aromatic rings. The molecule has 4 atom stereocenters. The summed E-state index contributed by atoms with van der Waals surface area (Å²) in [6, 6.07) is 0. The van der Waals surface area contributed by atoms with Gasteiger partial charge in [-0.25, -0.2) is 0 Å². The first-order valence-electron chi connectivity index (χ1n) is 7.69. The van der Waals surface area contributed by atoms with Crippen molar-refractivity contribution in [2.75, 3.05) is 0 Å². The van der Waals surface area contributed by atoms with E-state index in [0.717, 1.165) is 32.1 Å². The van der Waals surface area contributed by atoms with Crippen molar-refractivity contribution in [3.8, 4) is 0 Å². The Balaban J connectivity index is 1.93. The Labute approximate surface area is 119 Å². The second-order valence-corrected chi connectivity index (χ2v) is 6.53. The number of fused-ring (bicyclic) bond motifs is 1. The number of hydrogen-bond acceptors (Lipinski definition) is 4. The number of nitrogens with one attached hydrogen (secondary N) is 1. The number of aliphatic hydroxyl groups is 1. The summed E-state index contributed by atoms with van der Waals surface area (Å²) in [4.78, 5) is 25.1. The number of ether oxygens (including phenoxy) is 1. The summed E-state index contributed by atoms with van der Waals surface area (Å²) in [5, 5.41) is 12.9. The number of rotatable bonds is 3. The van der Waals surface area contributed by atoms with Gasteiger partial charge < -0.3 is 15.2 Å². The summed E-state index contributed by atoms with van der Waals surface area (Å²) in [6.07, 6.45) is 4.37. The van der Waals surface area contributed by atoms with Gasteiger partial charge in [-0.05, 0) is 26.2 Å². The smallest absolute Gasteiger partial charge is 0.227 e. The minimum Gasteiger partial charge on any atom is -0.366 e. The molecule has 0 radical (unpaired) electrons. The Hall–Kier alpha value is -0.940. The van der Waals surface area contributed by atoms with Crippen LogP contribution in [0.5, 0.6) is 0 Å². The minimum atomic E-state index is -1.22. The molecular formula is C15H23NO4. The van der Waals surface area contributed by atoms with Gasteiger partial charge >= 0.3 is 0 Å². The number of amides is 1. The average Bonchev–Trinajstić information content (AvgIpc) is 2.62. The van der Waals surface area contributed by atoms with E-state index in [-0.39, 0.29) is 23.5 Å². The summed E-state index contributed by atoms with van der Waals surface area (Å²) < 4.78 is 5.49. The fourth-order valence-corrected chi connectivity index (χ4v) is 4.36. The van der Waals surface area contributed by atoms with Gasteiger partial charge in [-0.2, -0.15) is 0 Å². The second kappa shape index (κ2) is 4.53. The average molecular weight is 281 g/mol. The lowest BCUT2D eigenvalue weighted by Gasteiger charge is -2.56.